The zero-order valence-electron chi connectivity index (χ0n) is 9.52. The molecule has 0 radical (unpaired) electrons. The van der Waals surface area contributed by atoms with Gasteiger partial charge in [-0.05, 0) is 11.9 Å². The smallest absolute Gasteiger partial charge is 0.343 e. The van der Waals surface area contributed by atoms with E-state index in [1.54, 1.807) is 25.9 Å². The number of hydrogen-bond acceptors (Lipinski definition) is 5. The largest absolute Gasteiger partial charge is 0.394 e. The molecule has 2 rings (SSSR count). The van der Waals surface area contributed by atoms with E-state index in [2.05, 4.69) is 10.3 Å². The third-order valence-electron chi connectivity index (χ3n) is 2.65. The third kappa shape index (κ3) is 1.44. The van der Waals surface area contributed by atoms with E-state index in [0.29, 0.717) is 17.5 Å². The van der Waals surface area contributed by atoms with Crippen LogP contribution in [0.5, 0.6) is 0 Å². The van der Waals surface area contributed by atoms with Crippen LogP contribution in [-0.4, -0.2) is 30.5 Å². The van der Waals surface area contributed by atoms with Gasteiger partial charge in [0, 0.05) is 14.1 Å². The van der Waals surface area contributed by atoms with E-state index in [9.17, 15) is 10.1 Å². The maximum atomic E-state index is 11.1. The Morgan fingerprint density at radius 2 is 2.25 bits per heavy atom. The maximum absolute atomic E-state index is 11.1. The molecule has 1 aliphatic heterocycles. The van der Waals surface area contributed by atoms with Crippen LogP contribution < -0.4 is 14.8 Å². The van der Waals surface area contributed by atoms with Gasteiger partial charge >= 0.3 is 11.6 Å². The van der Waals surface area contributed by atoms with E-state index in [1.807, 2.05) is 4.57 Å². The molecule has 0 atom stereocenters. The first-order chi connectivity index (χ1) is 7.52. The van der Waals surface area contributed by atoms with Gasteiger partial charge in [0.25, 0.3) is 5.82 Å². The molecular weight excluding hydrogens is 210 g/mol. The first-order valence-corrected chi connectivity index (χ1v) is 5.02. The second-order valence-corrected chi connectivity index (χ2v) is 3.92. The van der Waals surface area contributed by atoms with Crippen LogP contribution in [0.2, 0.25) is 0 Å². The summed E-state index contributed by atoms with van der Waals surface area (Å²) in [5.41, 5.74) is 0.723. The molecule has 0 amide bonds. The highest BCUT2D eigenvalue weighted by molar-refractivity contribution is 5.59. The van der Waals surface area contributed by atoms with Gasteiger partial charge in [-0.3, -0.25) is 15.4 Å². The molecule has 7 nitrogen and oxygen atoms in total. The number of hydrogen-bond donors (Lipinski definition) is 1. The third-order valence-corrected chi connectivity index (χ3v) is 2.65. The molecule has 2 heterocycles. The Labute approximate surface area is 92.9 Å². The molecule has 0 spiro atoms. The van der Waals surface area contributed by atoms with Gasteiger partial charge in [-0.15, -0.1) is 0 Å². The van der Waals surface area contributed by atoms with Crippen LogP contribution in [0.1, 0.15) is 5.69 Å². The number of nitrogens with zero attached hydrogens (tertiary/aromatic N) is 4. The Morgan fingerprint density at radius 1 is 1.56 bits per heavy atom. The maximum Gasteiger partial charge on any atom is 0.394 e. The normalized spacial score (nSPS) is 13.2. The molecule has 0 unspecified atom stereocenters. The zero-order chi connectivity index (χ0) is 11.9. The summed E-state index contributed by atoms with van der Waals surface area (Å²) >= 11 is 0. The Bertz CT molecular complexity index is 458. The Morgan fingerprint density at radius 3 is 2.81 bits per heavy atom. The quantitative estimate of drug-likeness (QED) is 0.437. The van der Waals surface area contributed by atoms with E-state index in [4.69, 9.17) is 0 Å². The lowest BCUT2D eigenvalue weighted by molar-refractivity contribution is -0.681. The summed E-state index contributed by atoms with van der Waals surface area (Å²) in [7, 11) is 3.50. The second kappa shape index (κ2) is 3.58. The SMILES string of the molecule is Cc1c([N+](=O)[O-])c(N(C)C)nc2[n+]1CCN2. The van der Waals surface area contributed by atoms with Crippen molar-refractivity contribution >= 4 is 17.5 Å². The van der Waals surface area contributed by atoms with Crippen molar-refractivity contribution in [3.8, 4) is 0 Å². The van der Waals surface area contributed by atoms with Crippen LogP contribution in [0.15, 0.2) is 0 Å². The minimum Gasteiger partial charge on any atom is -0.343 e. The van der Waals surface area contributed by atoms with Crippen molar-refractivity contribution in [3.63, 3.8) is 0 Å². The number of nitrogens with one attached hydrogen (secondary N) is 1. The zero-order valence-corrected chi connectivity index (χ0v) is 9.52. The predicted molar refractivity (Wildman–Crippen MR) is 58.6 cm³/mol. The minimum absolute atomic E-state index is 0.0810. The van der Waals surface area contributed by atoms with Gasteiger partial charge < -0.3 is 4.90 Å². The fourth-order valence-electron chi connectivity index (χ4n) is 1.88. The number of fused-ring (bicyclic) bond motifs is 1. The molecule has 1 aliphatic rings. The highest BCUT2D eigenvalue weighted by atomic mass is 16.6. The monoisotopic (exact) mass is 224 g/mol. The van der Waals surface area contributed by atoms with Gasteiger partial charge in [0.1, 0.15) is 6.54 Å². The number of anilines is 2. The molecule has 1 aromatic heterocycles. The van der Waals surface area contributed by atoms with Crippen molar-refractivity contribution in [3.05, 3.63) is 15.8 Å². The first-order valence-electron chi connectivity index (χ1n) is 5.02. The van der Waals surface area contributed by atoms with Gasteiger partial charge in [0.05, 0.1) is 11.5 Å². The first kappa shape index (κ1) is 10.6. The van der Waals surface area contributed by atoms with Crippen molar-refractivity contribution in [1.82, 2.24) is 4.98 Å². The lowest BCUT2D eigenvalue weighted by Gasteiger charge is -2.10. The van der Waals surface area contributed by atoms with Crippen molar-refractivity contribution in [2.45, 2.75) is 13.5 Å². The summed E-state index contributed by atoms with van der Waals surface area (Å²) in [6, 6.07) is 0. The number of rotatable bonds is 2. The van der Waals surface area contributed by atoms with Crippen LogP contribution in [0.3, 0.4) is 0 Å². The van der Waals surface area contributed by atoms with E-state index < -0.39 is 0 Å². The van der Waals surface area contributed by atoms with E-state index in [0.717, 1.165) is 13.1 Å². The molecule has 0 fully saturated rings. The summed E-state index contributed by atoms with van der Waals surface area (Å²) < 4.78 is 1.84. The Kier molecular flexibility index (Phi) is 2.37. The molecule has 1 N–H and O–H groups in total. The Hall–Kier alpha value is -1.92. The lowest BCUT2D eigenvalue weighted by atomic mass is 10.3. The van der Waals surface area contributed by atoms with Gasteiger partial charge in [-0.2, -0.15) is 0 Å². The highest BCUT2D eigenvalue weighted by Gasteiger charge is 2.34. The molecular formula is C9H14N5O2+. The molecule has 86 valence electrons. The van der Waals surface area contributed by atoms with Crippen LogP contribution in [-0.2, 0) is 6.54 Å². The summed E-state index contributed by atoms with van der Waals surface area (Å²) in [4.78, 5) is 16.6. The van der Waals surface area contributed by atoms with Crippen molar-refractivity contribution < 1.29 is 9.49 Å². The van der Waals surface area contributed by atoms with Gasteiger partial charge in [0.15, 0.2) is 5.69 Å². The van der Waals surface area contributed by atoms with Crippen LogP contribution >= 0.6 is 0 Å². The topological polar surface area (TPSA) is 75.2 Å². The highest BCUT2D eigenvalue weighted by Crippen LogP contribution is 2.28. The molecule has 7 heteroatoms. The van der Waals surface area contributed by atoms with E-state index in [1.165, 1.54) is 0 Å². The average molecular weight is 224 g/mol. The molecule has 1 aromatic rings. The molecule has 0 aromatic carbocycles. The second-order valence-electron chi connectivity index (χ2n) is 3.92. The minimum atomic E-state index is -0.372. The summed E-state index contributed by atoms with van der Waals surface area (Å²) in [5, 5.41) is 14.2. The average Bonchev–Trinajstić information content (AvgIpc) is 2.64. The van der Waals surface area contributed by atoms with Crippen LogP contribution in [0.4, 0.5) is 17.5 Å². The fourth-order valence-corrected chi connectivity index (χ4v) is 1.88. The van der Waals surface area contributed by atoms with E-state index in [-0.39, 0.29) is 10.6 Å². The predicted octanol–water partition coefficient (Wildman–Crippen LogP) is 0.0772. The van der Waals surface area contributed by atoms with Crippen molar-refractivity contribution in [2.75, 3.05) is 30.9 Å². The lowest BCUT2D eigenvalue weighted by Crippen LogP contribution is -2.37. The van der Waals surface area contributed by atoms with Crippen molar-refractivity contribution in [2.24, 2.45) is 0 Å². The summed E-state index contributed by atoms with van der Waals surface area (Å²) in [5.74, 6) is 1.09. The number of nitro groups is 1. The molecule has 0 saturated carbocycles. The molecule has 16 heavy (non-hydrogen) atoms. The standard InChI is InChI=1S/C9H13N5O2/c1-6-7(14(15)16)8(12(2)3)11-9-10-4-5-13(6)9/h4-5H2,1-3H3/p+1. The molecule has 0 bridgehead atoms. The number of aromatic nitrogens is 2. The molecule has 0 saturated heterocycles. The molecule has 0 aliphatic carbocycles. The van der Waals surface area contributed by atoms with Gasteiger partial charge in [-0.1, -0.05) is 0 Å². The Balaban J connectivity index is 2.70. The van der Waals surface area contributed by atoms with Gasteiger partial charge in [-0.25, -0.2) is 4.57 Å². The summed E-state index contributed by atoms with van der Waals surface area (Å²) in [6.07, 6.45) is 0. The summed E-state index contributed by atoms with van der Waals surface area (Å²) in [6.45, 7) is 3.24. The van der Waals surface area contributed by atoms with E-state index >= 15 is 0 Å². The van der Waals surface area contributed by atoms with Crippen LogP contribution in [0.25, 0.3) is 0 Å². The van der Waals surface area contributed by atoms with Crippen LogP contribution in [0, 0.1) is 17.0 Å². The fraction of sp³-hybridized carbons (Fsp3) is 0.556. The van der Waals surface area contributed by atoms with Gasteiger partial charge in [0.2, 0.25) is 0 Å². The van der Waals surface area contributed by atoms with Crippen molar-refractivity contribution in [1.29, 1.82) is 0 Å².